The molecule has 0 saturated carbocycles. The molecule has 0 aliphatic carbocycles. The highest BCUT2D eigenvalue weighted by molar-refractivity contribution is 14.1. The maximum absolute atomic E-state index is 5.57. The summed E-state index contributed by atoms with van der Waals surface area (Å²) in [6, 6.07) is 6.06. The zero-order chi connectivity index (χ0) is 9.14. The molecule has 0 bridgehead atoms. The summed E-state index contributed by atoms with van der Waals surface area (Å²) < 4.78 is 7.77. The molecule has 0 saturated heterocycles. The first-order valence-corrected chi connectivity index (χ1v) is 5.58. The minimum atomic E-state index is 0.222. The number of halogens is 2. The highest BCUT2D eigenvalue weighted by Gasteiger charge is 2.02. The van der Waals surface area contributed by atoms with Crippen molar-refractivity contribution in [3.05, 3.63) is 26.2 Å². The molecule has 3 heteroatoms. The summed E-state index contributed by atoms with van der Waals surface area (Å²) in [5.74, 6) is 0.914. The van der Waals surface area contributed by atoms with Crippen LogP contribution in [0.25, 0.3) is 0 Å². The lowest BCUT2D eigenvalue weighted by Crippen LogP contribution is -2.05. The van der Waals surface area contributed by atoms with Crippen LogP contribution in [0, 0.1) is 3.57 Å². The summed E-state index contributed by atoms with van der Waals surface area (Å²) in [6.45, 7) is 4.04. The molecule has 0 aliphatic rings. The second kappa shape index (κ2) is 4.46. The predicted molar refractivity (Wildman–Crippen MR) is 62.6 cm³/mol. The first-order valence-electron chi connectivity index (χ1n) is 3.71. The van der Waals surface area contributed by atoms with Crippen molar-refractivity contribution < 1.29 is 4.74 Å². The van der Waals surface area contributed by atoms with E-state index in [1.807, 2.05) is 32.0 Å². The quantitative estimate of drug-likeness (QED) is 0.743. The van der Waals surface area contributed by atoms with Gasteiger partial charge in [0, 0.05) is 3.57 Å². The second-order valence-corrected chi connectivity index (χ2v) is 4.84. The molecule has 0 spiro atoms. The Bertz CT molecular complexity index is 273. The van der Waals surface area contributed by atoms with Crippen molar-refractivity contribution in [2.75, 3.05) is 0 Å². The lowest BCUT2D eigenvalue weighted by atomic mass is 10.3. The zero-order valence-electron chi connectivity index (χ0n) is 6.97. The lowest BCUT2D eigenvalue weighted by Gasteiger charge is -2.11. The number of hydrogen-bond donors (Lipinski definition) is 0. The van der Waals surface area contributed by atoms with Gasteiger partial charge in [-0.3, -0.25) is 0 Å². The Labute approximate surface area is 94.8 Å². The van der Waals surface area contributed by atoms with Crippen LogP contribution in [-0.4, -0.2) is 6.10 Å². The summed E-state index contributed by atoms with van der Waals surface area (Å²) in [5.41, 5.74) is 0. The zero-order valence-corrected chi connectivity index (χ0v) is 10.7. The van der Waals surface area contributed by atoms with Crippen molar-refractivity contribution in [2.24, 2.45) is 0 Å². The Morgan fingerprint density at radius 1 is 1.42 bits per heavy atom. The van der Waals surface area contributed by atoms with Crippen molar-refractivity contribution in [3.8, 4) is 5.75 Å². The average molecular weight is 341 g/mol. The van der Waals surface area contributed by atoms with Crippen LogP contribution >= 0.6 is 38.5 Å². The van der Waals surface area contributed by atoms with Crippen LogP contribution in [-0.2, 0) is 0 Å². The number of rotatable bonds is 2. The van der Waals surface area contributed by atoms with Crippen LogP contribution in [0.2, 0.25) is 0 Å². The van der Waals surface area contributed by atoms with E-state index in [-0.39, 0.29) is 6.10 Å². The molecule has 12 heavy (non-hydrogen) atoms. The fourth-order valence-electron chi connectivity index (χ4n) is 0.821. The summed E-state index contributed by atoms with van der Waals surface area (Å²) in [6.07, 6.45) is 0.222. The molecule has 0 N–H and O–H groups in total. The third-order valence-corrected chi connectivity index (χ3v) is 2.58. The normalized spacial score (nSPS) is 10.4. The lowest BCUT2D eigenvalue weighted by molar-refractivity contribution is 0.240. The first kappa shape index (κ1) is 10.3. The predicted octanol–water partition coefficient (Wildman–Crippen LogP) is 3.84. The van der Waals surface area contributed by atoms with E-state index in [0.29, 0.717) is 0 Å². The fourth-order valence-corrected chi connectivity index (χ4v) is 1.62. The van der Waals surface area contributed by atoms with Crippen molar-refractivity contribution in [3.63, 3.8) is 0 Å². The third-order valence-electron chi connectivity index (χ3n) is 1.26. The Hall–Kier alpha value is 0.230. The van der Waals surface area contributed by atoms with Crippen molar-refractivity contribution in [1.82, 2.24) is 0 Å². The minimum Gasteiger partial charge on any atom is -0.490 e. The highest BCUT2D eigenvalue weighted by atomic mass is 127. The summed E-state index contributed by atoms with van der Waals surface area (Å²) in [7, 11) is 0. The van der Waals surface area contributed by atoms with Gasteiger partial charge in [-0.1, -0.05) is 0 Å². The molecule has 0 amide bonds. The third kappa shape index (κ3) is 2.94. The van der Waals surface area contributed by atoms with Crippen LogP contribution in [0.3, 0.4) is 0 Å². The first-order chi connectivity index (χ1) is 5.59. The molecule has 0 fully saturated rings. The molecular formula is C9H10BrIO. The molecule has 1 aromatic rings. The summed E-state index contributed by atoms with van der Waals surface area (Å²) >= 11 is 5.70. The summed E-state index contributed by atoms with van der Waals surface area (Å²) in [4.78, 5) is 0. The van der Waals surface area contributed by atoms with Gasteiger partial charge in [0.15, 0.2) is 0 Å². The van der Waals surface area contributed by atoms with Crippen LogP contribution in [0.5, 0.6) is 5.75 Å². The van der Waals surface area contributed by atoms with Gasteiger partial charge in [0.25, 0.3) is 0 Å². The van der Waals surface area contributed by atoms with Gasteiger partial charge in [0.1, 0.15) is 5.75 Å². The van der Waals surface area contributed by atoms with E-state index in [4.69, 9.17) is 4.74 Å². The van der Waals surface area contributed by atoms with Gasteiger partial charge < -0.3 is 4.74 Å². The van der Waals surface area contributed by atoms with E-state index in [9.17, 15) is 0 Å². The van der Waals surface area contributed by atoms with Gasteiger partial charge in [-0.25, -0.2) is 0 Å². The Morgan fingerprint density at radius 3 is 2.67 bits per heavy atom. The molecule has 1 aromatic carbocycles. The monoisotopic (exact) mass is 340 g/mol. The van der Waals surface area contributed by atoms with Gasteiger partial charge in [0.2, 0.25) is 0 Å². The maximum atomic E-state index is 5.57. The van der Waals surface area contributed by atoms with Gasteiger partial charge in [-0.15, -0.1) is 0 Å². The molecular weight excluding hydrogens is 331 g/mol. The standard InChI is InChI=1S/C9H10BrIO/c1-6(2)12-9-5-7(11)3-4-8(9)10/h3-6H,1-2H3. The largest absolute Gasteiger partial charge is 0.490 e. The Kier molecular flexibility index (Phi) is 3.83. The molecule has 0 heterocycles. The number of hydrogen-bond acceptors (Lipinski definition) is 1. The SMILES string of the molecule is CC(C)Oc1cc(I)ccc1Br. The number of ether oxygens (including phenoxy) is 1. The minimum absolute atomic E-state index is 0.222. The van der Waals surface area contributed by atoms with Crippen LogP contribution in [0.1, 0.15) is 13.8 Å². The van der Waals surface area contributed by atoms with E-state index in [1.54, 1.807) is 0 Å². The van der Waals surface area contributed by atoms with E-state index < -0.39 is 0 Å². The molecule has 1 nitrogen and oxygen atoms in total. The van der Waals surface area contributed by atoms with Crippen molar-refractivity contribution in [1.29, 1.82) is 0 Å². The van der Waals surface area contributed by atoms with E-state index in [1.165, 1.54) is 3.57 Å². The van der Waals surface area contributed by atoms with Gasteiger partial charge in [-0.05, 0) is 70.6 Å². The van der Waals surface area contributed by atoms with E-state index >= 15 is 0 Å². The molecule has 0 unspecified atom stereocenters. The molecule has 0 aromatic heterocycles. The van der Waals surface area contributed by atoms with Crippen LogP contribution in [0.4, 0.5) is 0 Å². The summed E-state index contributed by atoms with van der Waals surface area (Å²) in [5, 5.41) is 0. The van der Waals surface area contributed by atoms with Gasteiger partial charge in [0.05, 0.1) is 10.6 Å². The smallest absolute Gasteiger partial charge is 0.134 e. The Morgan fingerprint density at radius 2 is 2.08 bits per heavy atom. The van der Waals surface area contributed by atoms with Crippen molar-refractivity contribution >= 4 is 38.5 Å². The van der Waals surface area contributed by atoms with Crippen LogP contribution < -0.4 is 4.74 Å². The fraction of sp³-hybridized carbons (Fsp3) is 0.333. The molecule has 1 rings (SSSR count). The van der Waals surface area contributed by atoms with Gasteiger partial charge >= 0.3 is 0 Å². The average Bonchev–Trinajstić information content (AvgIpc) is 1.96. The molecule has 66 valence electrons. The highest BCUT2D eigenvalue weighted by Crippen LogP contribution is 2.27. The Balaban J connectivity index is 2.90. The second-order valence-electron chi connectivity index (χ2n) is 2.74. The van der Waals surface area contributed by atoms with Gasteiger partial charge in [-0.2, -0.15) is 0 Å². The molecule has 0 aliphatic heterocycles. The maximum Gasteiger partial charge on any atom is 0.134 e. The van der Waals surface area contributed by atoms with E-state index in [2.05, 4.69) is 38.5 Å². The topological polar surface area (TPSA) is 9.23 Å². The van der Waals surface area contributed by atoms with E-state index in [0.717, 1.165) is 10.2 Å². The molecule has 0 radical (unpaired) electrons. The molecule has 0 atom stereocenters. The van der Waals surface area contributed by atoms with Crippen LogP contribution in [0.15, 0.2) is 22.7 Å². The number of benzene rings is 1. The van der Waals surface area contributed by atoms with Crippen molar-refractivity contribution in [2.45, 2.75) is 20.0 Å².